The Kier molecular flexibility index (Phi) is 6.26. The highest BCUT2D eigenvalue weighted by molar-refractivity contribution is 6.04. The molecule has 1 aromatic heterocycles. The summed E-state index contributed by atoms with van der Waals surface area (Å²) in [5, 5.41) is 14.4. The number of pyridine rings is 1. The number of aromatic nitrogens is 1. The Bertz CT molecular complexity index is 1220. The molecule has 2 heterocycles. The number of amides is 2. The number of carbonyl (C=O) groups is 2. The first-order valence-corrected chi connectivity index (χ1v) is 10.0. The van der Waals surface area contributed by atoms with E-state index in [1.54, 1.807) is 24.3 Å². The Labute approximate surface area is 190 Å². The summed E-state index contributed by atoms with van der Waals surface area (Å²) in [5.41, 5.74) is 6.44. The van der Waals surface area contributed by atoms with Crippen LogP contribution in [0.3, 0.4) is 0 Å². The minimum absolute atomic E-state index is 0.00377. The lowest BCUT2D eigenvalue weighted by Gasteiger charge is -2.34. The number of alkyl halides is 3. The van der Waals surface area contributed by atoms with Crippen molar-refractivity contribution < 1.29 is 37.3 Å². The molecule has 2 atom stereocenters. The number of hydrogen-bond acceptors (Lipinski definition) is 7. The predicted octanol–water partition coefficient (Wildman–Crippen LogP) is 2.45. The summed E-state index contributed by atoms with van der Waals surface area (Å²) in [4.78, 5) is 30.7. The van der Waals surface area contributed by atoms with Crippen LogP contribution >= 0.6 is 0 Å². The van der Waals surface area contributed by atoms with Gasteiger partial charge in [0, 0.05) is 29.5 Å². The van der Waals surface area contributed by atoms with Crippen LogP contribution < -0.4 is 20.7 Å². The number of nitrogen functional groups attached to an aromatic ring is 1. The van der Waals surface area contributed by atoms with Crippen molar-refractivity contribution in [2.75, 3.05) is 29.1 Å². The van der Waals surface area contributed by atoms with Gasteiger partial charge >= 0.3 is 6.36 Å². The molecule has 0 radical (unpaired) electrons. The first kappa shape index (κ1) is 23.3. The highest BCUT2D eigenvalue weighted by Gasteiger charge is 2.39. The van der Waals surface area contributed by atoms with Crippen molar-refractivity contribution in [3.05, 3.63) is 54.7 Å². The summed E-state index contributed by atoms with van der Waals surface area (Å²) < 4.78 is 46.2. The van der Waals surface area contributed by atoms with Crippen LogP contribution in [0.25, 0.3) is 10.8 Å². The third-order valence-electron chi connectivity index (χ3n) is 5.12. The summed E-state index contributed by atoms with van der Waals surface area (Å²) >= 11 is 0. The Balaban J connectivity index is 1.45. The lowest BCUT2D eigenvalue weighted by molar-refractivity contribution is -0.274. The zero-order valence-electron chi connectivity index (χ0n) is 17.5. The van der Waals surface area contributed by atoms with Gasteiger partial charge in [0.25, 0.3) is 11.8 Å². The first-order valence-electron chi connectivity index (χ1n) is 10.0. The molecule has 1 aliphatic rings. The van der Waals surface area contributed by atoms with Gasteiger partial charge in [0.15, 0.2) is 12.2 Å². The second kappa shape index (κ2) is 9.15. The molecule has 4 rings (SSSR count). The first-order chi connectivity index (χ1) is 16.1. The van der Waals surface area contributed by atoms with Gasteiger partial charge in [-0.2, -0.15) is 0 Å². The normalized spacial score (nSPS) is 17.5. The van der Waals surface area contributed by atoms with Gasteiger partial charge in [0.1, 0.15) is 11.6 Å². The molecule has 2 amide bonds. The Morgan fingerprint density at radius 1 is 1.24 bits per heavy atom. The predicted molar refractivity (Wildman–Crippen MR) is 116 cm³/mol. The Morgan fingerprint density at radius 2 is 1.97 bits per heavy atom. The number of anilines is 3. The van der Waals surface area contributed by atoms with Crippen LogP contribution in [0.4, 0.5) is 30.4 Å². The fourth-order valence-electron chi connectivity index (χ4n) is 3.55. The number of morpholine rings is 1. The second-order valence-electron chi connectivity index (χ2n) is 7.39. The maximum absolute atomic E-state index is 12.9. The van der Waals surface area contributed by atoms with E-state index in [2.05, 4.69) is 15.0 Å². The zero-order valence-corrected chi connectivity index (χ0v) is 17.5. The van der Waals surface area contributed by atoms with Crippen molar-refractivity contribution in [2.24, 2.45) is 0 Å². The van der Waals surface area contributed by atoms with Crippen molar-refractivity contribution in [1.82, 2.24) is 4.98 Å². The lowest BCUT2D eigenvalue weighted by Crippen LogP contribution is -2.55. The number of benzene rings is 2. The van der Waals surface area contributed by atoms with Crippen LogP contribution in [-0.2, 0) is 14.3 Å². The van der Waals surface area contributed by atoms with Crippen molar-refractivity contribution in [1.29, 1.82) is 0 Å². The third-order valence-corrected chi connectivity index (χ3v) is 5.12. The number of hydrogen-bond donors (Lipinski definition) is 3. The number of ether oxygens (including phenoxy) is 2. The molecule has 1 aliphatic heterocycles. The summed E-state index contributed by atoms with van der Waals surface area (Å²) in [5.74, 6) is -1.69. The van der Waals surface area contributed by atoms with Gasteiger partial charge in [-0.15, -0.1) is 13.2 Å². The van der Waals surface area contributed by atoms with Gasteiger partial charge in [-0.3, -0.25) is 9.59 Å². The molecule has 1 fully saturated rings. The minimum Gasteiger partial charge on any atom is -0.406 e. The number of aliphatic hydroxyl groups is 1. The van der Waals surface area contributed by atoms with E-state index in [0.29, 0.717) is 22.3 Å². The van der Waals surface area contributed by atoms with E-state index in [4.69, 9.17) is 10.5 Å². The fraction of sp³-hybridized carbons (Fsp3) is 0.227. The number of nitrogens with one attached hydrogen (secondary N) is 1. The number of carbonyl (C=O) groups excluding carboxylic acids is 2. The van der Waals surface area contributed by atoms with E-state index in [-0.39, 0.29) is 18.8 Å². The molecule has 12 heteroatoms. The van der Waals surface area contributed by atoms with Gasteiger partial charge in [0.05, 0.1) is 6.61 Å². The quantitative estimate of drug-likeness (QED) is 0.516. The number of rotatable bonds is 5. The molecule has 3 aromatic rings. The fourth-order valence-corrected chi connectivity index (χ4v) is 3.55. The molecule has 0 spiro atoms. The molecule has 1 saturated heterocycles. The molecule has 0 unspecified atom stereocenters. The summed E-state index contributed by atoms with van der Waals surface area (Å²) in [7, 11) is 0. The van der Waals surface area contributed by atoms with E-state index in [0.717, 1.165) is 12.1 Å². The summed E-state index contributed by atoms with van der Waals surface area (Å²) in [6.45, 7) is 0.0904. The molecule has 2 aromatic carbocycles. The van der Waals surface area contributed by atoms with Gasteiger partial charge < -0.3 is 30.5 Å². The maximum Gasteiger partial charge on any atom is 0.573 e. The van der Waals surface area contributed by atoms with E-state index >= 15 is 0 Å². The van der Waals surface area contributed by atoms with Crippen LogP contribution in [-0.4, -0.2) is 53.6 Å². The van der Waals surface area contributed by atoms with Crippen molar-refractivity contribution in [3.63, 3.8) is 0 Å². The Morgan fingerprint density at radius 3 is 2.68 bits per heavy atom. The number of fused-ring (bicyclic) bond motifs is 1. The molecule has 0 aliphatic carbocycles. The van der Waals surface area contributed by atoms with E-state index in [1.165, 1.54) is 23.2 Å². The lowest BCUT2D eigenvalue weighted by atomic mass is 10.1. The SMILES string of the molecule is Nc1nccc2cc(NC(=O)[C@H](O)[C@H]3OCCN(c4ccc(OC(F)(F)F)cc4)C3=O)ccc12. The van der Waals surface area contributed by atoms with Crippen LogP contribution in [0.5, 0.6) is 5.75 Å². The standard InChI is InChI=1S/C22H19F3N4O5/c23-22(24,25)34-15-4-2-14(3-5-15)29-9-10-33-18(21(29)32)17(30)20(31)28-13-1-6-16-12(11-13)7-8-27-19(16)26/h1-8,11,17-18,30H,9-10H2,(H2,26,27)(H,28,31)/t17-,18-/m1/s1. The number of nitrogens with two attached hydrogens (primary N) is 1. The van der Waals surface area contributed by atoms with Gasteiger partial charge in [-0.25, -0.2) is 4.98 Å². The third kappa shape index (κ3) is 5.02. The maximum atomic E-state index is 12.9. The van der Waals surface area contributed by atoms with Crippen LogP contribution in [0.2, 0.25) is 0 Å². The number of aliphatic hydroxyl groups excluding tert-OH is 1. The van der Waals surface area contributed by atoms with E-state index in [1.807, 2.05) is 0 Å². The Hall–Kier alpha value is -3.90. The summed E-state index contributed by atoms with van der Waals surface area (Å²) in [6, 6.07) is 11.2. The second-order valence-corrected chi connectivity index (χ2v) is 7.39. The van der Waals surface area contributed by atoms with Crippen LogP contribution in [0.15, 0.2) is 54.7 Å². The van der Waals surface area contributed by atoms with E-state index in [9.17, 15) is 27.9 Å². The molecule has 178 valence electrons. The average molecular weight is 476 g/mol. The topological polar surface area (TPSA) is 127 Å². The highest BCUT2D eigenvalue weighted by Crippen LogP contribution is 2.27. The zero-order chi connectivity index (χ0) is 24.5. The monoisotopic (exact) mass is 476 g/mol. The van der Waals surface area contributed by atoms with Crippen molar-refractivity contribution in [2.45, 2.75) is 18.6 Å². The van der Waals surface area contributed by atoms with Gasteiger partial charge in [-0.1, -0.05) is 0 Å². The van der Waals surface area contributed by atoms with Gasteiger partial charge in [-0.05, 0) is 53.9 Å². The molecule has 0 bridgehead atoms. The van der Waals surface area contributed by atoms with Crippen LogP contribution in [0.1, 0.15) is 0 Å². The minimum atomic E-state index is -4.84. The average Bonchev–Trinajstić information content (AvgIpc) is 2.78. The highest BCUT2D eigenvalue weighted by atomic mass is 19.4. The molecule has 34 heavy (non-hydrogen) atoms. The number of halogens is 3. The van der Waals surface area contributed by atoms with Gasteiger partial charge in [0.2, 0.25) is 0 Å². The molecule has 0 saturated carbocycles. The number of nitrogens with zero attached hydrogens (tertiary/aromatic N) is 2. The molecule has 9 nitrogen and oxygen atoms in total. The molecular weight excluding hydrogens is 457 g/mol. The van der Waals surface area contributed by atoms with Crippen molar-refractivity contribution >= 4 is 39.8 Å². The molecule has 4 N–H and O–H groups in total. The smallest absolute Gasteiger partial charge is 0.406 e. The van der Waals surface area contributed by atoms with Crippen molar-refractivity contribution in [3.8, 4) is 5.75 Å². The largest absolute Gasteiger partial charge is 0.573 e. The van der Waals surface area contributed by atoms with Crippen LogP contribution in [0, 0.1) is 0 Å². The summed E-state index contributed by atoms with van der Waals surface area (Å²) in [6.07, 6.45) is -6.65. The molecular formula is C22H19F3N4O5. The van der Waals surface area contributed by atoms with E-state index < -0.39 is 36.1 Å².